The normalized spacial score (nSPS) is 16.6. The molecule has 0 aromatic carbocycles. The molecule has 0 radical (unpaired) electrons. The van der Waals surface area contributed by atoms with Gasteiger partial charge < -0.3 is 13.7 Å². The summed E-state index contributed by atoms with van der Waals surface area (Å²) in [7, 11) is 1.35. The lowest BCUT2D eigenvalue weighted by Crippen LogP contribution is -2.45. The maximum atomic E-state index is 11.4. The number of methoxy groups -OCH3 is 1. The second kappa shape index (κ2) is 6.97. The third-order valence-corrected chi connectivity index (χ3v) is 3.95. The second-order valence-corrected chi connectivity index (χ2v) is 5.74. The molecular weight excluding hydrogens is 298 g/mol. The zero-order valence-corrected chi connectivity index (χ0v) is 13.4. The number of rotatable bonds is 5. The van der Waals surface area contributed by atoms with Crippen molar-refractivity contribution >= 4 is 5.97 Å². The molecule has 0 amide bonds. The summed E-state index contributed by atoms with van der Waals surface area (Å²) in [6.45, 7) is 7.24. The summed E-state index contributed by atoms with van der Waals surface area (Å²) >= 11 is 0. The number of carbonyl (C=O) groups is 1. The molecule has 0 bridgehead atoms. The predicted molar refractivity (Wildman–Crippen MR) is 81.8 cm³/mol. The zero-order valence-electron chi connectivity index (χ0n) is 13.4. The molecule has 1 saturated heterocycles. The van der Waals surface area contributed by atoms with E-state index >= 15 is 0 Å². The molecule has 0 saturated carbocycles. The van der Waals surface area contributed by atoms with Gasteiger partial charge in [-0.05, 0) is 19.1 Å². The van der Waals surface area contributed by atoms with Gasteiger partial charge in [0.2, 0.25) is 5.76 Å². The van der Waals surface area contributed by atoms with Gasteiger partial charge in [0.25, 0.3) is 0 Å². The fourth-order valence-corrected chi connectivity index (χ4v) is 2.71. The van der Waals surface area contributed by atoms with Crippen molar-refractivity contribution in [2.75, 3.05) is 33.3 Å². The number of carbonyl (C=O) groups excluding carboxylic acids is 1. The summed E-state index contributed by atoms with van der Waals surface area (Å²) < 4.78 is 15.4. The molecule has 1 aliphatic rings. The molecule has 2 aromatic rings. The number of aryl methyl sites for hydroxylation is 1. The lowest BCUT2D eigenvalue weighted by Gasteiger charge is -2.33. The first-order valence-electron chi connectivity index (χ1n) is 7.68. The van der Waals surface area contributed by atoms with Gasteiger partial charge in [0.05, 0.1) is 25.9 Å². The lowest BCUT2D eigenvalue weighted by molar-refractivity contribution is 0.0558. The summed E-state index contributed by atoms with van der Waals surface area (Å²) in [5, 5.41) is 3.91. The largest absolute Gasteiger partial charge is 0.463 e. The monoisotopic (exact) mass is 319 g/mol. The highest BCUT2D eigenvalue weighted by atomic mass is 16.5. The number of hydrogen-bond donors (Lipinski definition) is 0. The van der Waals surface area contributed by atoms with E-state index in [1.807, 2.05) is 19.1 Å². The van der Waals surface area contributed by atoms with Gasteiger partial charge in [-0.1, -0.05) is 5.16 Å². The molecule has 0 atom stereocenters. The van der Waals surface area contributed by atoms with Crippen molar-refractivity contribution in [1.29, 1.82) is 0 Å². The summed E-state index contributed by atoms with van der Waals surface area (Å²) in [5.74, 6) is 1.50. The van der Waals surface area contributed by atoms with Crippen molar-refractivity contribution in [2.24, 2.45) is 0 Å². The molecule has 23 heavy (non-hydrogen) atoms. The average Bonchev–Trinajstić information content (AvgIpc) is 3.18. The third kappa shape index (κ3) is 4.00. The van der Waals surface area contributed by atoms with Crippen LogP contribution in [-0.2, 0) is 17.8 Å². The van der Waals surface area contributed by atoms with Crippen molar-refractivity contribution < 1.29 is 18.5 Å². The van der Waals surface area contributed by atoms with Gasteiger partial charge in [0.1, 0.15) is 5.76 Å². The van der Waals surface area contributed by atoms with Crippen LogP contribution >= 0.6 is 0 Å². The Labute approximate surface area is 134 Å². The van der Waals surface area contributed by atoms with Crippen LogP contribution in [0.25, 0.3) is 0 Å². The van der Waals surface area contributed by atoms with Crippen LogP contribution in [0.4, 0.5) is 0 Å². The van der Waals surface area contributed by atoms with E-state index < -0.39 is 5.97 Å². The van der Waals surface area contributed by atoms with Crippen LogP contribution in [0.15, 0.2) is 27.1 Å². The Bertz CT molecular complexity index is 656. The molecule has 0 N–H and O–H groups in total. The van der Waals surface area contributed by atoms with E-state index in [1.54, 1.807) is 6.07 Å². The Hall–Kier alpha value is -2.12. The van der Waals surface area contributed by atoms with Crippen LogP contribution in [0.1, 0.15) is 27.8 Å². The lowest BCUT2D eigenvalue weighted by atomic mass is 10.2. The molecule has 3 rings (SSSR count). The van der Waals surface area contributed by atoms with Gasteiger partial charge in [0.15, 0.2) is 5.76 Å². The number of esters is 1. The van der Waals surface area contributed by atoms with Gasteiger partial charge in [-0.2, -0.15) is 0 Å². The molecule has 7 heteroatoms. The van der Waals surface area contributed by atoms with E-state index in [-0.39, 0.29) is 5.76 Å². The first-order chi connectivity index (χ1) is 11.1. The Morgan fingerprint density at radius 1 is 1.17 bits per heavy atom. The topological polar surface area (TPSA) is 72.0 Å². The SMILES string of the molecule is COC(=O)c1ccc(CN2CCN(Cc3cc(C)no3)CC2)o1. The molecule has 0 aliphatic carbocycles. The average molecular weight is 319 g/mol. The molecular formula is C16H21N3O4. The first kappa shape index (κ1) is 15.8. The third-order valence-electron chi connectivity index (χ3n) is 3.95. The molecule has 1 fully saturated rings. The van der Waals surface area contributed by atoms with Crippen LogP contribution in [0.2, 0.25) is 0 Å². The maximum absolute atomic E-state index is 11.4. The zero-order chi connectivity index (χ0) is 16.2. The van der Waals surface area contributed by atoms with Gasteiger partial charge in [0, 0.05) is 32.2 Å². The summed E-state index contributed by atoms with van der Waals surface area (Å²) in [5.41, 5.74) is 0.915. The summed E-state index contributed by atoms with van der Waals surface area (Å²) in [6.07, 6.45) is 0. The highest BCUT2D eigenvalue weighted by Gasteiger charge is 2.20. The van der Waals surface area contributed by atoms with Crippen LogP contribution in [0.3, 0.4) is 0 Å². The molecule has 0 spiro atoms. The number of furan rings is 1. The number of hydrogen-bond acceptors (Lipinski definition) is 7. The Morgan fingerprint density at radius 3 is 2.39 bits per heavy atom. The van der Waals surface area contributed by atoms with Crippen molar-refractivity contribution in [2.45, 2.75) is 20.0 Å². The Balaban J connectivity index is 1.47. The number of aromatic nitrogens is 1. The fourth-order valence-electron chi connectivity index (χ4n) is 2.71. The van der Waals surface area contributed by atoms with Crippen LogP contribution in [0.5, 0.6) is 0 Å². The predicted octanol–water partition coefficient (Wildman–Crippen LogP) is 1.68. The quantitative estimate of drug-likeness (QED) is 0.776. The van der Waals surface area contributed by atoms with Gasteiger partial charge >= 0.3 is 5.97 Å². The Kier molecular flexibility index (Phi) is 4.78. The van der Waals surface area contributed by atoms with Gasteiger partial charge in [-0.25, -0.2) is 4.79 Å². The highest BCUT2D eigenvalue weighted by molar-refractivity contribution is 5.86. The van der Waals surface area contributed by atoms with E-state index in [9.17, 15) is 4.79 Å². The van der Waals surface area contributed by atoms with Crippen LogP contribution < -0.4 is 0 Å². The molecule has 3 heterocycles. The van der Waals surface area contributed by atoms with Crippen molar-refractivity contribution in [3.05, 3.63) is 41.2 Å². The maximum Gasteiger partial charge on any atom is 0.373 e. The molecule has 2 aromatic heterocycles. The summed E-state index contributed by atoms with van der Waals surface area (Å²) in [4.78, 5) is 16.0. The van der Waals surface area contributed by atoms with E-state index in [2.05, 4.69) is 19.7 Å². The van der Waals surface area contributed by atoms with Crippen molar-refractivity contribution in [1.82, 2.24) is 15.0 Å². The number of nitrogens with zero attached hydrogens (tertiary/aromatic N) is 3. The van der Waals surface area contributed by atoms with Crippen LogP contribution in [-0.4, -0.2) is 54.2 Å². The van der Waals surface area contributed by atoms with E-state index in [0.29, 0.717) is 6.54 Å². The standard InChI is InChI=1S/C16H21N3O4/c1-12-9-14(23-17-12)11-19-7-5-18(6-8-19)10-13-3-4-15(22-13)16(20)21-2/h3-4,9H,5-8,10-11H2,1-2H3. The molecule has 0 unspecified atom stereocenters. The minimum absolute atomic E-state index is 0.252. The highest BCUT2D eigenvalue weighted by Crippen LogP contribution is 2.14. The molecule has 7 nitrogen and oxygen atoms in total. The van der Waals surface area contributed by atoms with E-state index in [1.165, 1.54) is 7.11 Å². The minimum Gasteiger partial charge on any atom is -0.463 e. The van der Waals surface area contributed by atoms with Gasteiger partial charge in [-0.15, -0.1) is 0 Å². The van der Waals surface area contributed by atoms with E-state index in [4.69, 9.17) is 8.94 Å². The van der Waals surface area contributed by atoms with E-state index in [0.717, 1.165) is 49.9 Å². The molecule has 124 valence electrons. The number of ether oxygens (including phenoxy) is 1. The van der Waals surface area contributed by atoms with Crippen molar-refractivity contribution in [3.63, 3.8) is 0 Å². The summed E-state index contributed by atoms with van der Waals surface area (Å²) in [6, 6.07) is 5.46. The number of piperazine rings is 1. The van der Waals surface area contributed by atoms with Crippen LogP contribution in [0, 0.1) is 6.92 Å². The minimum atomic E-state index is -0.441. The fraction of sp³-hybridized carbons (Fsp3) is 0.500. The van der Waals surface area contributed by atoms with Crippen molar-refractivity contribution in [3.8, 4) is 0 Å². The second-order valence-electron chi connectivity index (χ2n) is 5.74. The Morgan fingerprint density at radius 2 is 1.83 bits per heavy atom. The first-order valence-corrected chi connectivity index (χ1v) is 7.68. The van der Waals surface area contributed by atoms with Gasteiger partial charge in [-0.3, -0.25) is 9.80 Å². The molecule has 1 aliphatic heterocycles. The smallest absolute Gasteiger partial charge is 0.373 e.